The molecular weight excluding hydrogens is 219 g/mol. The number of piperidine rings is 1. The second-order valence-corrected chi connectivity index (χ2v) is 4.58. The van der Waals surface area contributed by atoms with Gasteiger partial charge in [0.1, 0.15) is 5.82 Å². The topological polar surface area (TPSA) is 34.1 Å². The van der Waals surface area contributed by atoms with Crippen LogP contribution in [0.1, 0.15) is 26.2 Å². The molecule has 17 heavy (non-hydrogen) atoms. The fourth-order valence-corrected chi connectivity index (χ4v) is 2.12. The van der Waals surface area contributed by atoms with E-state index in [9.17, 15) is 4.39 Å². The van der Waals surface area contributed by atoms with E-state index in [4.69, 9.17) is 4.74 Å². The van der Waals surface area contributed by atoms with Crippen molar-refractivity contribution in [1.82, 2.24) is 10.3 Å². The third-order valence-corrected chi connectivity index (χ3v) is 3.28. The summed E-state index contributed by atoms with van der Waals surface area (Å²) in [5.74, 6) is 0.705. The lowest BCUT2D eigenvalue weighted by Crippen LogP contribution is -2.40. The third kappa shape index (κ3) is 3.66. The number of ether oxygens (including phenoxy) is 1. The van der Waals surface area contributed by atoms with Gasteiger partial charge in [0.15, 0.2) is 0 Å². The highest BCUT2D eigenvalue weighted by atomic mass is 19.1. The van der Waals surface area contributed by atoms with Crippen molar-refractivity contribution in [1.29, 1.82) is 0 Å². The second kappa shape index (κ2) is 5.96. The van der Waals surface area contributed by atoms with Gasteiger partial charge in [-0.25, -0.2) is 9.37 Å². The zero-order valence-corrected chi connectivity index (χ0v) is 10.2. The molecule has 94 valence electrons. The zero-order valence-electron chi connectivity index (χ0n) is 10.2. The molecule has 4 heteroatoms. The predicted octanol–water partition coefficient (Wildman–Crippen LogP) is 2.38. The molecule has 0 radical (unpaired) electrons. The van der Waals surface area contributed by atoms with Gasteiger partial charge in [0.2, 0.25) is 5.88 Å². The van der Waals surface area contributed by atoms with E-state index in [1.807, 2.05) is 0 Å². The second-order valence-electron chi connectivity index (χ2n) is 4.58. The molecule has 2 unspecified atom stereocenters. The fraction of sp³-hybridized carbons (Fsp3) is 0.615. The highest BCUT2D eigenvalue weighted by Gasteiger charge is 2.19. The van der Waals surface area contributed by atoms with E-state index in [0.717, 1.165) is 6.54 Å². The Balaban J connectivity index is 1.74. The average Bonchev–Trinajstić information content (AvgIpc) is 2.39. The quantitative estimate of drug-likeness (QED) is 0.874. The van der Waals surface area contributed by atoms with E-state index in [2.05, 4.69) is 17.2 Å². The number of hydrogen-bond donors (Lipinski definition) is 1. The van der Waals surface area contributed by atoms with Gasteiger partial charge in [0.25, 0.3) is 0 Å². The molecule has 0 amide bonds. The van der Waals surface area contributed by atoms with E-state index in [1.54, 1.807) is 6.07 Å². The first-order valence-electron chi connectivity index (χ1n) is 6.25. The Labute approximate surface area is 101 Å². The summed E-state index contributed by atoms with van der Waals surface area (Å²) < 4.78 is 18.2. The first kappa shape index (κ1) is 12.3. The molecule has 1 aliphatic heterocycles. The Hall–Kier alpha value is -1.16. The molecule has 1 aliphatic rings. The molecule has 2 rings (SSSR count). The molecule has 1 saturated heterocycles. The summed E-state index contributed by atoms with van der Waals surface area (Å²) in [7, 11) is 0. The van der Waals surface area contributed by atoms with Crippen LogP contribution >= 0.6 is 0 Å². The van der Waals surface area contributed by atoms with Crippen molar-refractivity contribution in [2.45, 2.75) is 32.2 Å². The molecule has 0 spiro atoms. The van der Waals surface area contributed by atoms with E-state index in [1.165, 1.54) is 31.5 Å². The van der Waals surface area contributed by atoms with Crippen LogP contribution in [-0.4, -0.2) is 24.2 Å². The van der Waals surface area contributed by atoms with Crippen LogP contribution in [0.5, 0.6) is 5.88 Å². The van der Waals surface area contributed by atoms with Gasteiger partial charge in [-0.2, -0.15) is 0 Å². The normalized spacial score (nSPS) is 24.6. The van der Waals surface area contributed by atoms with Crippen molar-refractivity contribution in [2.75, 3.05) is 13.2 Å². The number of pyridine rings is 1. The fourth-order valence-electron chi connectivity index (χ4n) is 2.12. The Bertz CT molecular complexity index is 334. The number of rotatable bonds is 4. The Morgan fingerprint density at radius 2 is 2.35 bits per heavy atom. The van der Waals surface area contributed by atoms with Crippen LogP contribution in [0.15, 0.2) is 18.3 Å². The number of nitrogens with one attached hydrogen (secondary N) is 1. The highest BCUT2D eigenvalue weighted by molar-refractivity contribution is 5.10. The zero-order chi connectivity index (χ0) is 12.1. The van der Waals surface area contributed by atoms with Gasteiger partial charge in [0.05, 0.1) is 12.8 Å². The van der Waals surface area contributed by atoms with E-state index in [-0.39, 0.29) is 5.82 Å². The van der Waals surface area contributed by atoms with Gasteiger partial charge in [0, 0.05) is 24.6 Å². The summed E-state index contributed by atoms with van der Waals surface area (Å²) in [6.07, 6.45) is 4.77. The number of aromatic nitrogens is 1. The summed E-state index contributed by atoms with van der Waals surface area (Å²) in [4.78, 5) is 3.88. The SMILES string of the molecule is CCC1CCC(COc2ccc(F)cn2)CN1. The molecule has 1 aromatic heterocycles. The number of hydrogen-bond acceptors (Lipinski definition) is 3. The molecule has 1 aromatic rings. The molecular formula is C13H19FN2O. The van der Waals surface area contributed by atoms with E-state index >= 15 is 0 Å². The molecule has 0 saturated carbocycles. The summed E-state index contributed by atoms with van der Waals surface area (Å²) in [6, 6.07) is 3.60. The van der Waals surface area contributed by atoms with Crippen LogP contribution in [0.25, 0.3) is 0 Å². The van der Waals surface area contributed by atoms with Crippen molar-refractivity contribution in [3.05, 3.63) is 24.1 Å². The van der Waals surface area contributed by atoms with Crippen molar-refractivity contribution in [3.8, 4) is 5.88 Å². The lowest BCUT2D eigenvalue weighted by molar-refractivity contribution is 0.193. The molecule has 2 atom stereocenters. The van der Waals surface area contributed by atoms with Gasteiger partial charge < -0.3 is 10.1 Å². The molecule has 1 N–H and O–H groups in total. The predicted molar refractivity (Wildman–Crippen MR) is 64.5 cm³/mol. The Kier molecular flexibility index (Phi) is 4.31. The standard InChI is InChI=1S/C13H19FN2O/c1-2-12-5-3-10(7-15-12)9-17-13-6-4-11(14)8-16-13/h4,6,8,10,12,15H,2-3,5,7,9H2,1H3. The maximum atomic E-state index is 12.6. The summed E-state index contributed by atoms with van der Waals surface area (Å²) >= 11 is 0. The Morgan fingerprint density at radius 3 is 2.94 bits per heavy atom. The van der Waals surface area contributed by atoms with Gasteiger partial charge in [-0.1, -0.05) is 6.92 Å². The summed E-state index contributed by atoms with van der Waals surface area (Å²) in [5, 5.41) is 3.50. The first-order chi connectivity index (χ1) is 8.28. The maximum Gasteiger partial charge on any atom is 0.213 e. The van der Waals surface area contributed by atoms with Crippen LogP contribution in [-0.2, 0) is 0 Å². The monoisotopic (exact) mass is 238 g/mol. The van der Waals surface area contributed by atoms with Crippen molar-refractivity contribution >= 4 is 0 Å². The smallest absolute Gasteiger partial charge is 0.213 e. The van der Waals surface area contributed by atoms with Gasteiger partial charge >= 0.3 is 0 Å². The number of halogens is 1. The van der Waals surface area contributed by atoms with Crippen LogP contribution in [0.4, 0.5) is 4.39 Å². The van der Waals surface area contributed by atoms with Crippen LogP contribution in [0, 0.1) is 11.7 Å². The molecule has 1 fully saturated rings. The molecule has 0 bridgehead atoms. The van der Waals surface area contributed by atoms with Crippen molar-refractivity contribution < 1.29 is 9.13 Å². The van der Waals surface area contributed by atoms with Crippen LogP contribution < -0.4 is 10.1 Å². The molecule has 2 heterocycles. The lowest BCUT2D eigenvalue weighted by Gasteiger charge is -2.28. The average molecular weight is 238 g/mol. The first-order valence-corrected chi connectivity index (χ1v) is 6.25. The highest BCUT2D eigenvalue weighted by Crippen LogP contribution is 2.17. The minimum Gasteiger partial charge on any atom is -0.477 e. The summed E-state index contributed by atoms with van der Waals surface area (Å²) in [5.41, 5.74) is 0. The van der Waals surface area contributed by atoms with E-state index < -0.39 is 0 Å². The minimum absolute atomic E-state index is 0.331. The maximum absolute atomic E-state index is 12.6. The van der Waals surface area contributed by atoms with Gasteiger partial charge in [-0.15, -0.1) is 0 Å². The van der Waals surface area contributed by atoms with Crippen LogP contribution in [0.3, 0.4) is 0 Å². The Morgan fingerprint density at radius 1 is 1.47 bits per heavy atom. The third-order valence-electron chi connectivity index (χ3n) is 3.28. The van der Waals surface area contributed by atoms with Gasteiger partial charge in [-0.05, 0) is 25.3 Å². The molecule has 0 aliphatic carbocycles. The van der Waals surface area contributed by atoms with Crippen LogP contribution in [0.2, 0.25) is 0 Å². The van der Waals surface area contributed by atoms with Gasteiger partial charge in [-0.3, -0.25) is 0 Å². The lowest BCUT2D eigenvalue weighted by atomic mass is 9.94. The van der Waals surface area contributed by atoms with Crippen molar-refractivity contribution in [2.24, 2.45) is 5.92 Å². The minimum atomic E-state index is -0.331. The molecule has 0 aromatic carbocycles. The van der Waals surface area contributed by atoms with E-state index in [0.29, 0.717) is 24.4 Å². The van der Waals surface area contributed by atoms with Crippen molar-refractivity contribution in [3.63, 3.8) is 0 Å². The number of nitrogens with zero attached hydrogens (tertiary/aromatic N) is 1. The largest absolute Gasteiger partial charge is 0.477 e. The summed E-state index contributed by atoms with van der Waals surface area (Å²) in [6.45, 7) is 3.86. The molecule has 3 nitrogen and oxygen atoms in total.